The van der Waals surface area contributed by atoms with E-state index in [0.717, 1.165) is 31.6 Å². The van der Waals surface area contributed by atoms with Crippen LogP contribution in [0.5, 0.6) is 5.75 Å². The number of rotatable bonds is 3. The third-order valence-corrected chi connectivity index (χ3v) is 15.5. The summed E-state index contributed by atoms with van der Waals surface area (Å²) in [4.78, 5) is 27.9. The maximum atomic E-state index is 13.3. The molecule has 0 unspecified atom stereocenters. The van der Waals surface area contributed by atoms with Crippen molar-refractivity contribution in [3.63, 3.8) is 0 Å². The van der Waals surface area contributed by atoms with Gasteiger partial charge in [0.2, 0.25) is 10.0 Å². The van der Waals surface area contributed by atoms with E-state index in [1.165, 1.54) is 54.6 Å². The standard InChI is InChI=1S/C33H39ClN2O6S.C7H13Br.C2H7NO/c1-21-5-3-14-33(39,19-37)28-10-7-25(28)17-36-18-32(13-4-6-23-15-26(34)9-11-27(23)32)20-42-30-12-8-24(16-29(30)36)31(38)35-43(40,41)22(21)2;8-6-7-4-2-1-3-5-7;3-1-2-4/h3,8-9,11-12,14-16,19,21-22,25,28,39H,4-7,10,13,17-18,20H2,1-2H3,(H,35,38);7H,1-6H2;4H,1-3H2/b14-3+;;/t21-,22+,25-,28+,32-,33-;;/m0../s1. The number of carbonyl (C=O) groups excluding carboxylic acids is 2. The molecule has 10 nitrogen and oxygen atoms in total. The van der Waals surface area contributed by atoms with E-state index in [2.05, 4.69) is 31.6 Å². The number of allylic oxidation sites excluding steroid dienone is 1. The van der Waals surface area contributed by atoms with E-state index in [4.69, 9.17) is 27.2 Å². The van der Waals surface area contributed by atoms with E-state index in [1.807, 2.05) is 12.1 Å². The number of fused-ring (bicyclic) bond motifs is 4. The number of hydrogen-bond donors (Lipinski definition) is 4. The molecule has 2 heterocycles. The number of sulfonamides is 1. The number of halogens is 2. The summed E-state index contributed by atoms with van der Waals surface area (Å²) in [5, 5.41) is 20.3. The van der Waals surface area contributed by atoms with E-state index in [9.17, 15) is 23.1 Å². The number of nitrogens with two attached hydrogens (primary N) is 1. The van der Waals surface area contributed by atoms with E-state index in [-0.39, 0.29) is 35.3 Å². The molecule has 6 atom stereocenters. The van der Waals surface area contributed by atoms with Gasteiger partial charge in [-0.2, -0.15) is 0 Å². The largest absolute Gasteiger partial charge is 0.490 e. The van der Waals surface area contributed by atoms with Crippen LogP contribution in [0.15, 0.2) is 48.6 Å². The average Bonchev–Trinajstić information content (AvgIpc) is 3.32. The van der Waals surface area contributed by atoms with Gasteiger partial charge in [-0.25, -0.2) is 13.1 Å². The Labute approximate surface area is 340 Å². The van der Waals surface area contributed by atoms with Gasteiger partial charge < -0.3 is 25.6 Å². The quantitative estimate of drug-likeness (QED) is 0.150. The Hall–Kier alpha value is -2.48. The molecule has 2 fully saturated rings. The zero-order chi connectivity index (χ0) is 39.8. The zero-order valence-electron chi connectivity index (χ0n) is 32.2. The fourth-order valence-corrected chi connectivity index (χ4v) is 10.9. The number of aryl methyl sites for hydroxylation is 1. The fraction of sp³-hybridized carbons (Fsp3) is 0.619. The lowest BCUT2D eigenvalue weighted by molar-refractivity contribution is -0.130. The number of aliphatic hydroxyl groups excluding tert-OH is 1. The first-order chi connectivity index (χ1) is 26.3. The number of nitrogens with one attached hydrogen (secondary N) is 1. The molecule has 13 heteroatoms. The highest BCUT2D eigenvalue weighted by molar-refractivity contribution is 9.09. The molecule has 3 aliphatic carbocycles. The average molecular weight is 865 g/mol. The summed E-state index contributed by atoms with van der Waals surface area (Å²) in [6, 6.07) is 11.1. The summed E-state index contributed by atoms with van der Waals surface area (Å²) < 4.78 is 35.2. The van der Waals surface area contributed by atoms with Gasteiger partial charge in [-0.3, -0.25) is 9.59 Å². The second kappa shape index (κ2) is 19.3. The van der Waals surface area contributed by atoms with Crippen LogP contribution in [0.2, 0.25) is 5.02 Å². The van der Waals surface area contributed by atoms with Crippen LogP contribution in [0, 0.1) is 23.7 Å². The highest BCUT2D eigenvalue weighted by Crippen LogP contribution is 2.48. The van der Waals surface area contributed by atoms with Crippen molar-refractivity contribution in [2.24, 2.45) is 29.4 Å². The fourth-order valence-electron chi connectivity index (χ4n) is 8.78. The van der Waals surface area contributed by atoms with Crippen LogP contribution in [-0.2, 0) is 26.7 Å². The predicted octanol–water partition coefficient (Wildman–Crippen LogP) is 6.71. The van der Waals surface area contributed by atoms with Crippen molar-refractivity contribution >= 4 is 55.4 Å². The van der Waals surface area contributed by atoms with E-state index in [1.54, 1.807) is 38.1 Å². The van der Waals surface area contributed by atoms with Crippen LogP contribution in [0.3, 0.4) is 0 Å². The van der Waals surface area contributed by atoms with Crippen molar-refractivity contribution in [2.75, 3.05) is 43.1 Å². The highest BCUT2D eigenvalue weighted by atomic mass is 79.9. The van der Waals surface area contributed by atoms with Crippen molar-refractivity contribution < 1.29 is 33.0 Å². The summed E-state index contributed by atoms with van der Waals surface area (Å²) in [7, 11) is -4.00. The van der Waals surface area contributed by atoms with Crippen molar-refractivity contribution in [3.8, 4) is 5.75 Å². The lowest BCUT2D eigenvalue weighted by Gasteiger charge is -2.47. The van der Waals surface area contributed by atoms with E-state index in [0.29, 0.717) is 61.8 Å². The van der Waals surface area contributed by atoms with Gasteiger partial charge in [-0.1, -0.05) is 65.9 Å². The molecule has 1 spiro atoms. The minimum absolute atomic E-state index is 0.0262. The number of hydrogen-bond acceptors (Lipinski definition) is 9. The molecule has 7 rings (SSSR count). The molecule has 2 aromatic rings. The first-order valence-corrected chi connectivity index (χ1v) is 22.9. The molecule has 0 radical (unpaired) electrons. The zero-order valence-corrected chi connectivity index (χ0v) is 35.4. The van der Waals surface area contributed by atoms with Crippen LogP contribution in [-0.4, -0.2) is 79.9 Å². The Bertz CT molecular complexity index is 1770. The molecule has 55 heavy (non-hydrogen) atoms. The first-order valence-electron chi connectivity index (χ1n) is 19.9. The maximum Gasteiger partial charge on any atom is 0.264 e. The molecule has 2 bridgehead atoms. The topological polar surface area (TPSA) is 159 Å². The minimum Gasteiger partial charge on any atom is -0.490 e. The molecule has 304 valence electrons. The molecular weight excluding hydrogens is 806 g/mol. The van der Waals surface area contributed by atoms with Crippen LogP contribution in [0.1, 0.15) is 99.5 Å². The molecule has 2 aliphatic heterocycles. The van der Waals surface area contributed by atoms with Crippen LogP contribution < -0.4 is 20.1 Å². The molecule has 0 saturated heterocycles. The number of nitrogens with zero attached hydrogens (tertiary/aromatic N) is 1. The summed E-state index contributed by atoms with van der Waals surface area (Å²) in [6.45, 7) is 5.40. The van der Waals surface area contributed by atoms with E-state index < -0.39 is 26.8 Å². The molecule has 2 aromatic carbocycles. The number of alkyl halides is 1. The van der Waals surface area contributed by atoms with Crippen molar-refractivity contribution in [1.82, 2.24) is 4.72 Å². The third-order valence-electron chi connectivity index (χ3n) is 12.4. The predicted molar refractivity (Wildman–Crippen MR) is 223 cm³/mol. The first kappa shape index (κ1) is 43.6. The molecule has 5 N–H and O–H groups in total. The third kappa shape index (κ3) is 10.3. The molecule has 5 aliphatic rings. The maximum absolute atomic E-state index is 13.3. The van der Waals surface area contributed by atoms with Gasteiger partial charge in [0.25, 0.3) is 5.91 Å². The van der Waals surface area contributed by atoms with Gasteiger partial charge in [0.1, 0.15) is 11.4 Å². The molecule has 0 aromatic heterocycles. The van der Waals surface area contributed by atoms with Crippen LogP contribution in [0.25, 0.3) is 0 Å². The summed E-state index contributed by atoms with van der Waals surface area (Å²) >= 11 is 9.89. The minimum atomic E-state index is -4.00. The summed E-state index contributed by atoms with van der Waals surface area (Å²) in [5.41, 5.74) is 6.13. The Morgan fingerprint density at radius 1 is 1.09 bits per heavy atom. The SMILES string of the molecule is BrCC1CCCCC1.C[C@@H]1[C@@H](C)C/C=C/[C@](O)(C=O)[C@@H]2CC[C@H]2CN2C[C@@]3(CCCc4cc(Cl)ccc43)COc3ccc(cc32)C(=O)NS1(=O)=O.NCCO. The molecule has 1 amide bonds. The van der Waals surface area contributed by atoms with Crippen LogP contribution >= 0.6 is 27.5 Å². The van der Waals surface area contributed by atoms with Gasteiger partial charge >= 0.3 is 0 Å². The number of aldehydes is 1. The Balaban J connectivity index is 0.000000416. The lowest BCUT2D eigenvalue weighted by Crippen LogP contribution is -2.53. The van der Waals surface area contributed by atoms with Crippen LogP contribution in [0.4, 0.5) is 5.69 Å². The van der Waals surface area contributed by atoms with Gasteiger partial charge in [-0.15, -0.1) is 0 Å². The molecular formula is C42H59BrClN3O7S. The van der Waals surface area contributed by atoms with Gasteiger partial charge in [0.15, 0.2) is 6.29 Å². The van der Waals surface area contributed by atoms with Crippen molar-refractivity contribution in [3.05, 3.63) is 70.3 Å². The van der Waals surface area contributed by atoms with Crippen molar-refractivity contribution in [1.29, 1.82) is 0 Å². The van der Waals surface area contributed by atoms with Crippen molar-refractivity contribution in [2.45, 2.75) is 101 Å². The number of aliphatic hydroxyl groups is 2. The number of benzene rings is 2. The number of carbonyl (C=O) groups is 2. The van der Waals surface area contributed by atoms with Gasteiger partial charge in [0.05, 0.1) is 24.2 Å². The number of anilines is 1. The Morgan fingerprint density at radius 3 is 2.47 bits per heavy atom. The second-order valence-electron chi connectivity index (χ2n) is 16.2. The smallest absolute Gasteiger partial charge is 0.264 e. The molecule has 2 saturated carbocycles. The van der Waals surface area contributed by atoms with Gasteiger partial charge in [0, 0.05) is 46.9 Å². The van der Waals surface area contributed by atoms with E-state index >= 15 is 0 Å². The summed E-state index contributed by atoms with van der Waals surface area (Å²) in [5.74, 6) is 0.322. The Kier molecular flexibility index (Phi) is 15.3. The van der Waals surface area contributed by atoms with Gasteiger partial charge in [-0.05, 0) is 124 Å². The number of amides is 1. The monoisotopic (exact) mass is 863 g/mol. The second-order valence-corrected chi connectivity index (χ2v) is 19.3. The highest BCUT2D eigenvalue weighted by Gasteiger charge is 2.48. The summed E-state index contributed by atoms with van der Waals surface area (Å²) in [6.07, 6.45) is 15.9. The Morgan fingerprint density at radius 2 is 1.84 bits per heavy atom. The number of ether oxygens (including phenoxy) is 1. The lowest BCUT2D eigenvalue weighted by atomic mass is 9.64. The normalized spacial score (nSPS) is 30.9.